The minimum atomic E-state index is 0.633. The molecule has 0 bridgehead atoms. The van der Waals surface area contributed by atoms with Gasteiger partial charge in [-0.25, -0.2) is 19.9 Å². The van der Waals surface area contributed by atoms with Crippen LogP contribution in [0.25, 0.3) is 78.7 Å². The molecule has 0 aliphatic carbocycles. The van der Waals surface area contributed by atoms with Gasteiger partial charge in [0.25, 0.3) is 0 Å². The van der Waals surface area contributed by atoms with Crippen molar-refractivity contribution < 1.29 is 0 Å². The van der Waals surface area contributed by atoms with Gasteiger partial charge in [0.05, 0.1) is 11.4 Å². The molecule has 4 heteroatoms. The van der Waals surface area contributed by atoms with Crippen LogP contribution in [-0.4, -0.2) is 19.9 Å². The van der Waals surface area contributed by atoms with Crippen LogP contribution >= 0.6 is 0 Å². The van der Waals surface area contributed by atoms with Crippen molar-refractivity contribution in [1.29, 1.82) is 0 Å². The summed E-state index contributed by atoms with van der Waals surface area (Å²) in [4.78, 5) is 20.4. The highest BCUT2D eigenvalue weighted by atomic mass is 14.9. The molecule has 4 nitrogen and oxygen atoms in total. The summed E-state index contributed by atoms with van der Waals surface area (Å²) in [5.41, 5.74) is 15.6. The molecule has 0 saturated heterocycles. The number of aromatic nitrogens is 4. The van der Waals surface area contributed by atoms with Crippen molar-refractivity contribution in [2.75, 3.05) is 0 Å². The third kappa shape index (κ3) is 7.54. The summed E-state index contributed by atoms with van der Waals surface area (Å²) in [6.45, 7) is 2.03. The van der Waals surface area contributed by atoms with Crippen LogP contribution in [0.15, 0.2) is 200 Å². The van der Waals surface area contributed by atoms with Gasteiger partial charge < -0.3 is 0 Å². The van der Waals surface area contributed by atoms with E-state index in [-0.39, 0.29) is 0 Å². The van der Waals surface area contributed by atoms with Gasteiger partial charge in [0, 0.05) is 40.1 Å². The van der Waals surface area contributed by atoms with Gasteiger partial charge in [-0.1, -0.05) is 170 Å². The van der Waals surface area contributed by atoms with Gasteiger partial charge in [-0.15, -0.1) is 0 Å². The molecule has 2 heterocycles. The SMILES string of the molecule is Cc1cc(-c2ccccc2)nc(-c2ccccc2-c2cccc(Cc3cc(-c4ccccc4)nc(-c4cc(-c5ccccc5)cc(-c5ccccc5)c4)n3)c2)n1. The van der Waals surface area contributed by atoms with Crippen molar-refractivity contribution in [2.45, 2.75) is 13.3 Å². The Morgan fingerprint density at radius 1 is 0.321 bits per heavy atom. The first-order valence-electron chi connectivity index (χ1n) is 18.9. The van der Waals surface area contributed by atoms with Crippen LogP contribution in [0, 0.1) is 6.92 Å². The third-order valence-corrected chi connectivity index (χ3v) is 9.97. The van der Waals surface area contributed by atoms with E-state index in [1.165, 1.54) is 0 Å². The maximum atomic E-state index is 5.28. The molecule has 9 rings (SSSR count). The van der Waals surface area contributed by atoms with E-state index in [1.807, 2.05) is 37.3 Å². The molecule has 0 atom stereocenters. The Morgan fingerprint density at radius 2 is 0.804 bits per heavy atom. The van der Waals surface area contributed by atoms with Crippen LogP contribution in [0.3, 0.4) is 0 Å². The van der Waals surface area contributed by atoms with Gasteiger partial charge >= 0.3 is 0 Å². The topological polar surface area (TPSA) is 51.6 Å². The highest BCUT2D eigenvalue weighted by Gasteiger charge is 2.16. The molecule has 0 spiro atoms. The number of nitrogens with zero attached hydrogens (tertiary/aromatic N) is 4. The zero-order valence-corrected chi connectivity index (χ0v) is 31.0. The minimum absolute atomic E-state index is 0.633. The summed E-state index contributed by atoms with van der Waals surface area (Å²) in [7, 11) is 0. The lowest BCUT2D eigenvalue weighted by molar-refractivity contribution is 1.04. The minimum Gasteiger partial charge on any atom is -0.233 e. The highest BCUT2D eigenvalue weighted by molar-refractivity contribution is 5.82. The van der Waals surface area contributed by atoms with Crippen molar-refractivity contribution in [1.82, 2.24) is 19.9 Å². The molecule has 0 saturated carbocycles. The van der Waals surface area contributed by atoms with E-state index in [0.29, 0.717) is 18.1 Å². The molecule has 2 aromatic heterocycles. The van der Waals surface area contributed by atoms with Crippen LogP contribution in [0.4, 0.5) is 0 Å². The molecule has 0 N–H and O–H groups in total. The van der Waals surface area contributed by atoms with E-state index in [9.17, 15) is 0 Å². The normalized spacial score (nSPS) is 11.0. The average molecular weight is 719 g/mol. The van der Waals surface area contributed by atoms with E-state index in [0.717, 1.165) is 84.0 Å². The second-order valence-corrected chi connectivity index (χ2v) is 14.0. The summed E-state index contributed by atoms with van der Waals surface area (Å²) < 4.78 is 0. The smallest absolute Gasteiger partial charge is 0.160 e. The number of hydrogen-bond acceptors (Lipinski definition) is 4. The van der Waals surface area contributed by atoms with Gasteiger partial charge in [0.15, 0.2) is 11.6 Å². The van der Waals surface area contributed by atoms with E-state index < -0.39 is 0 Å². The van der Waals surface area contributed by atoms with Gasteiger partial charge in [-0.05, 0) is 76.2 Å². The van der Waals surface area contributed by atoms with Crippen LogP contribution in [0.1, 0.15) is 17.0 Å². The molecule has 9 aromatic rings. The second kappa shape index (κ2) is 15.6. The summed E-state index contributed by atoms with van der Waals surface area (Å²) in [6, 6.07) is 69.7. The van der Waals surface area contributed by atoms with Crippen LogP contribution < -0.4 is 0 Å². The number of rotatable bonds is 9. The van der Waals surface area contributed by atoms with Crippen molar-refractivity contribution in [3.8, 4) is 78.7 Å². The number of aryl methyl sites for hydroxylation is 1. The molecule has 0 aliphatic heterocycles. The molecular formula is C52H38N4. The molecule has 0 radical (unpaired) electrons. The first kappa shape index (κ1) is 34.5. The summed E-state index contributed by atoms with van der Waals surface area (Å²) >= 11 is 0. The van der Waals surface area contributed by atoms with Gasteiger partial charge in [-0.2, -0.15) is 0 Å². The Bertz CT molecular complexity index is 2710. The van der Waals surface area contributed by atoms with Crippen molar-refractivity contribution in [3.05, 3.63) is 217 Å². The quantitative estimate of drug-likeness (QED) is 0.149. The fraction of sp³-hybridized carbons (Fsp3) is 0.0385. The van der Waals surface area contributed by atoms with Crippen LogP contribution in [-0.2, 0) is 6.42 Å². The summed E-state index contributed by atoms with van der Waals surface area (Å²) in [6.07, 6.45) is 0.633. The Kier molecular flexibility index (Phi) is 9.59. The Labute approximate surface area is 327 Å². The summed E-state index contributed by atoms with van der Waals surface area (Å²) in [5, 5.41) is 0. The molecular weight excluding hydrogens is 681 g/mol. The Balaban J connectivity index is 1.12. The zero-order valence-electron chi connectivity index (χ0n) is 31.0. The maximum Gasteiger partial charge on any atom is 0.160 e. The third-order valence-electron chi connectivity index (χ3n) is 9.97. The van der Waals surface area contributed by atoms with Crippen LogP contribution in [0.2, 0.25) is 0 Å². The average Bonchev–Trinajstić information content (AvgIpc) is 3.27. The fourth-order valence-electron chi connectivity index (χ4n) is 7.26. The molecule has 0 fully saturated rings. The molecule has 0 amide bonds. The van der Waals surface area contributed by atoms with Gasteiger partial charge in [0.1, 0.15) is 0 Å². The van der Waals surface area contributed by atoms with E-state index in [2.05, 4.69) is 170 Å². The molecule has 0 aliphatic rings. The van der Waals surface area contributed by atoms with E-state index in [4.69, 9.17) is 19.9 Å². The number of hydrogen-bond donors (Lipinski definition) is 0. The maximum absolute atomic E-state index is 5.28. The molecule has 56 heavy (non-hydrogen) atoms. The summed E-state index contributed by atoms with van der Waals surface area (Å²) in [5.74, 6) is 1.41. The van der Waals surface area contributed by atoms with Gasteiger partial charge in [-0.3, -0.25) is 0 Å². The number of benzene rings is 7. The van der Waals surface area contributed by atoms with Gasteiger partial charge in [0.2, 0.25) is 0 Å². The fourth-order valence-corrected chi connectivity index (χ4v) is 7.26. The van der Waals surface area contributed by atoms with Crippen molar-refractivity contribution in [3.63, 3.8) is 0 Å². The zero-order chi connectivity index (χ0) is 37.7. The lowest BCUT2D eigenvalue weighted by Gasteiger charge is -2.14. The van der Waals surface area contributed by atoms with Crippen molar-refractivity contribution in [2.24, 2.45) is 0 Å². The standard InChI is InChI=1S/C52H38N4/c1-36-29-49(40-22-10-4-11-23-40)56-52(53-36)48-28-15-14-27-47(48)42-26-16-17-37(30-42)31-46-35-50(41-24-12-5-13-25-41)55-51(54-46)45-33-43(38-18-6-2-7-19-38)32-44(34-45)39-20-8-3-9-21-39/h2-30,32-35H,31H2,1H3. The first-order valence-corrected chi connectivity index (χ1v) is 18.9. The van der Waals surface area contributed by atoms with E-state index >= 15 is 0 Å². The lowest BCUT2D eigenvalue weighted by Crippen LogP contribution is -2.00. The van der Waals surface area contributed by atoms with E-state index in [1.54, 1.807) is 0 Å². The largest absolute Gasteiger partial charge is 0.233 e. The monoisotopic (exact) mass is 718 g/mol. The highest BCUT2D eigenvalue weighted by Crippen LogP contribution is 2.35. The molecule has 7 aromatic carbocycles. The molecule has 0 unspecified atom stereocenters. The predicted octanol–water partition coefficient (Wildman–Crippen LogP) is 12.8. The Hall–Kier alpha value is -7.30. The molecule has 266 valence electrons. The second-order valence-electron chi connectivity index (χ2n) is 14.0. The Morgan fingerprint density at radius 3 is 1.41 bits per heavy atom. The van der Waals surface area contributed by atoms with Crippen LogP contribution in [0.5, 0.6) is 0 Å². The van der Waals surface area contributed by atoms with Crippen molar-refractivity contribution >= 4 is 0 Å². The lowest BCUT2D eigenvalue weighted by atomic mass is 9.95. The first-order chi connectivity index (χ1) is 27.6. The predicted molar refractivity (Wildman–Crippen MR) is 230 cm³/mol.